The van der Waals surface area contributed by atoms with Crippen molar-refractivity contribution in [3.8, 4) is 5.75 Å². The molecule has 0 bridgehead atoms. The number of hydrogen-bond acceptors (Lipinski definition) is 5. The number of fused-ring (bicyclic) bond motifs is 1. The molecule has 0 saturated carbocycles. The van der Waals surface area contributed by atoms with Crippen molar-refractivity contribution >= 4 is 20.9 Å². The first kappa shape index (κ1) is 16.5. The van der Waals surface area contributed by atoms with Crippen molar-refractivity contribution in [2.45, 2.75) is 11.2 Å². The minimum absolute atomic E-state index is 0.169. The lowest BCUT2D eigenvalue weighted by atomic mass is 10.1. The summed E-state index contributed by atoms with van der Waals surface area (Å²) in [6.07, 6.45) is 0.287. The molecule has 1 unspecified atom stereocenters. The Kier molecular flexibility index (Phi) is 4.31. The van der Waals surface area contributed by atoms with Gasteiger partial charge in [0.2, 0.25) is 0 Å². The molecule has 3 rings (SSSR count). The molecule has 7 heteroatoms. The van der Waals surface area contributed by atoms with Crippen LogP contribution in [0.15, 0.2) is 59.6 Å². The summed E-state index contributed by atoms with van der Waals surface area (Å²) in [5.41, 5.74) is 0.824. The number of rotatable bonds is 5. The third-order valence-electron chi connectivity index (χ3n) is 3.82. The molecule has 0 amide bonds. The third-order valence-corrected chi connectivity index (χ3v) is 5.51. The highest BCUT2D eigenvalue weighted by Gasteiger charge is 2.23. The van der Waals surface area contributed by atoms with Crippen LogP contribution in [0.25, 0.3) is 10.9 Å². The van der Waals surface area contributed by atoms with E-state index in [1.807, 2.05) is 0 Å². The minimum atomic E-state index is -3.79. The maximum absolute atomic E-state index is 12.9. The molecule has 2 aromatic carbocycles. The highest BCUT2D eigenvalue weighted by molar-refractivity contribution is 7.90. The van der Waals surface area contributed by atoms with Crippen LogP contribution in [-0.4, -0.2) is 31.7 Å². The van der Waals surface area contributed by atoms with E-state index in [2.05, 4.69) is 0 Å². The fourth-order valence-corrected chi connectivity index (χ4v) is 4.01. The second kappa shape index (κ2) is 6.27. The molecule has 0 radical (unpaired) electrons. The molecule has 1 aromatic heterocycles. The molecule has 1 heterocycles. The highest BCUT2D eigenvalue weighted by atomic mass is 32.2. The Morgan fingerprint density at radius 2 is 1.75 bits per heavy atom. The SMILES string of the molecule is COc1ccc(C(O)OC)c2ccn(S(=O)(=O)c3ccccc3)c12. The fourth-order valence-electron chi connectivity index (χ4n) is 2.64. The zero-order valence-electron chi connectivity index (χ0n) is 13.2. The number of benzene rings is 2. The van der Waals surface area contributed by atoms with Crippen LogP contribution in [0.5, 0.6) is 5.75 Å². The van der Waals surface area contributed by atoms with Crippen molar-refractivity contribution in [2.24, 2.45) is 0 Å². The summed E-state index contributed by atoms with van der Waals surface area (Å²) >= 11 is 0. The molecule has 0 aliphatic carbocycles. The zero-order chi connectivity index (χ0) is 17.3. The number of nitrogens with zero attached hydrogens (tertiary/aromatic N) is 1. The topological polar surface area (TPSA) is 77.8 Å². The standard InChI is InChI=1S/C17H17NO5S/c1-22-15-9-8-14(17(19)23-2)13-10-11-18(16(13)15)24(20,21)12-6-4-3-5-7-12/h3-11,17,19H,1-2H3. The number of hydrogen-bond donors (Lipinski definition) is 1. The highest BCUT2D eigenvalue weighted by Crippen LogP contribution is 2.34. The normalized spacial score (nSPS) is 13.1. The van der Waals surface area contributed by atoms with Gasteiger partial charge in [0.05, 0.1) is 12.0 Å². The first-order valence-corrected chi connectivity index (χ1v) is 8.64. The Bertz CT molecular complexity index is 963. The lowest BCUT2D eigenvalue weighted by molar-refractivity contribution is -0.0759. The Balaban J connectivity index is 2.31. The van der Waals surface area contributed by atoms with Crippen LogP contribution in [0.1, 0.15) is 11.9 Å². The van der Waals surface area contributed by atoms with Crippen molar-refractivity contribution in [1.82, 2.24) is 3.97 Å². The molecule has 3 aromatic rings. The quantitative estimate of drug-likeness (QED) is 0.718. The molecule has 1 N–H and O–H groups in total. The molecule has 6 nitrogen and oxygen atoms in total. The molecule has 1 atom stereocenters. The Morgan fingerprint density at radius 1 is 1.04 bits per heavy atom. The van der Waals surface area contributed by atoms with E-state index in [1.54, 1.807) is 36.4 Å². The number of aliphatic hydroxyl groups is 1. The van der Waals surface area contributed by atoms with Gasteiger partial charge in [-0.1, -0.05) is 18.2 Å². The first-order valence-electron chi connectivity index (χ1n) is 7.20. The monoisotopic (exact) mass is 347 g/mol. The summed E-state index contributed by atoms with van der Waals surface area (Å²) in [5, 5.41) is 10.5. The third kappa shape index (κ3) is 2.56. The summed E-state index contributed by atoms with van der Waals surface area (Å²) < 4.78 is 37.3. The Labute approximate surface area is 139 Å². The second-order valence-electron chi connectivity index (χ2n) is 5.14. The summed E-state index contributed by atoms with van der Waals surface area (Å²) in [4.78, 5) is 0.169. The summed E-state index contributed by atoms with van der Waals surface area (Å²) in [6.45, 7) is 0. The number of methoxy groups -OCH3 is 2. The Hall–Kier alpha value is -2.35. The predicted octanol–water partition coefficient (Wildman–Crippen LogP) is 2.52. The van der Waals surface area contributed by atoms with Crippen LogP contribution in [0.4, 0.5) is 0 Å². The van der Waals surface area contributed by atoms with Gasteiger partial charge in [-0.2, -0.15) is 0 Å². The van der Waals surface area contributed by atoms with E-state index >= 15 is 0 Å². The van der Waals surface area contributed by atoms with Crippen molar-refractivity contribution in [3.63, 3.8) is 0 Å². The molecule has 0 spiro atoms. The molecule has 0 aliphatic heterocycles. The summed E-state index contributed by atoms with van der Waals surface area (Å²) in [5.74, 6) is 0.390. The summed E-state index contributed by atoms with van der Waals surface area (Å²) in [7, 11) is -0.950. The largest absolute Gasteiger partial charge is 0.495 e. The maximum atomic E-state index is 12.9. The van der Waals surface area contributed by atoms with E-state index in [1.165, 1.54) is 32.5 Å². The number of aromatic nitrogens is 1. The zero-order valence-corrected chi connectivity index (χ0v) is 14.0. The van der Waals surface area contributed by atoms with E-state index in [-0.39, 0.29) is 4.90 Å². The molecular weight excluding hydrogens is 330 g/mol. The van der Waals surface area contributed by atoms with Gasteiger partial charge in [0.1, 0.15) is 11.3 Å². The average Bonchev–Trinajstić information content (AvgIpc) is 3.07. The van der Waals surface area contributed by atoms with Gasteiger partial charge in [-0.25, -0.2) is 12.4 Å². The molecule has 0 fully saturated rings. The number of ether oxygens (including phenoxy) is 2. The lowest BCUT2D eigenvalue weighted by Crippen LogP contribution is -2.12. The van der Waals surface area contributed by atoms with Gasteiger partial charge in [-0.05, 0) is 30.3 Å². The van der Waals surface area contributed by atoms with Gasteiger partial charge in [0.15, 0.2) is 6.29 Å². The van der Waals surface area contributed by atoms with Crippen LogP contribution >= 0.6 is 0 Å². The smallest absolute Gasteiger partial charge is 0.268 e. The maximum Gasteiger partial charge on any atom is 0.268 e. The number of aliphatic hydroxyl groups excluding tert-OH is 1. The van der Waals surface area contributed by atoms with Crippen molar-refractivity contribution < 1.29 is 23.0 Å². The fraction of sp³-hybridized carbons (Fsp3) is 0.176. The molecule has 126 valence electrons. The van der Waals surface area contributed by atoms with E-state index in [0.29, 0.717) is 22.2 Å². The Morgan fingerprint density at radius 3 is 2.38 bits per heavy atom. The minimum Gasteiger partial charge on any atom is -0.495 e. The van der Waals surface area contributed by atoms with Gasteiger partial charge in [-0.3, -0.25) is 0 Å². The predicted molar refractivity (Wildman–Crippen MR) is 89.5 cm³/mol. The van der Waals surface area contributed by atoms with E-state index in [4.69, 9.17) is 9.47 Å². The summed E-state index contributed by atoms with van der Waals surface area (Å²) in [6, 6.07) is 13.0. The van der Waals surface area contributed by atoms with Gasteiger partial charge in [0.25, 0.3) is 10.0 Å². The van der Waals surface area contributed by atoms with Crippen LogP contribution in [0, 0.1) is 0 Å². The molecular formula is C17H17NO5S. The average molecular weight is 347 g/mol. The molecule has 0 saturated heterocycles. The second-order valence-corrected chi connectivity index (χ2v) is 6.95. The molecule has 0 aliphatic rings. The van der Waals surface area contributed by atoms with E-state index < -0.39 is 16.3 Å². The van der Waals surface area contributed by atoms with Gasteiger partial charge in [-0.15, -0.1) is 0 Å². The van der Waals surface area contributed by atoms with Gasteiger partial charge < -0.3 is 14.6 Å². The lowest BCUT2D eigenvalue weighted by Gasteiger charge is -2.14. The van der Waals surface area contributed by atoms with Gasteiger partial charge >= 0.3 is 0 Å². The van der Waals surface area contributed by atoms with Crippen LogP contribution in [0.3, 0.4) is 0 Å². The molecule has 24 heavy (non-hydrogen) atoms. The van der Waals surface area contributed by atoms with Crippen LogP contribution in [-0.2, 0) is 14.8 Å². The van der Waals surface area contributed by atoms with Crippen LogP contribution < -0.4 is 4.74 Å². The van der Waals surface area contributed by atoms with Crippen molar-refractivity contribution in [1.29, 1.82) is 0 Å². The van der Waals surface area contributed by atoms with Crippen molar-refractivity contribution in [2.75, 3.05) is 14.2 Å². The van der Waals surface area contributed by atoms with Crippen molar-refractivity contribution in [3.05, 3.63) is 60.3 Å². The van der Waals surface area contributed by atoms with Gasteiger partial charge in [0, 0.05) is 24.3 Å². The van der Waals surface area contributed by atoms with E-state index in [0.717, 1.165) is 3.97 Å². The first-order chi connectivity index (χ1) is 11.5. The van der Waals surface area contributed by atoms with Crippen LogP contribution in [0.2, 0.25) is 0 Å². The van der Waals surface area contributed by atoms with E-state index in [9.17, 15) is 13.5 Å².